The van der Waals surface area contributed by atoms with E-state index in [0.29, 0.717) is 45.7 Å². The lowest BCUT2D eigenvalue weighted by atomic mass is 10.1. The quantitative estimate of drug-likeness (QED) is 0.591. The van der Waals surface area contributed by atoms with Crippen LogP contribution in [0.15, 0.2) is 66.7 Å². The minimum atomic E-state index is -0.326. The number of nitrogens with one attached hydrogen (secondary N) is 1. The maximum atomic E-state index is 12.6. The van der Waals surface area contributed by atoms with Gasteiger partial charge in [-0.05, 0) is 48.4 Å². The third-order valence-electron chi connectivity index (χ3n) is 4.81. The lowest BCUT2D eigenvalue weighted by molar-refractivity contribution is -0.121. The van der Waals surface area contributed by atoms with Crippen LogP contribution in [0.5, 0.6) is 5.75 Å². The smallest absolute Gasteiger partial charge is 0.265 e. The molecule has 0 unspecified atom stereocenters. The Balaban J connectivity index is 1.54. The molecule has 1 N–H and O–H groups in total. The van der Waals surface area contributed by atoms with Crippen LogP contribution in [-0.2, 0) is 11.2 Å². The average Bonchev–Trinajstić information content (AvgIpc) is 2.75. The second kappa shape index (κ2) is 8.78. The Morgan fingerprint density at radius 2 is 1.80 bits per heavy atom. The van der Waals surface area contributed by atoms with Crippen molar-refractivity contribution in [3.05, 3.63) is 87.9 Å². The van der Waals surface area contributed by atoms with Crippen molar-refractivity contribution in [1.29, 1.82) is 0 Å². The van der Waals surface area contributed by atoms with E-state index in [9.17, 15) is 9.59 Å². The maximum absolute atomic E-state index is 12.6. The number of ether oxygens (including phenoxy) is 1. The molecule has 3 aromatic carbocycles. The Labute approximate surface area is 184 Å². The summed E-state index contributed by atoms with van der Waals surface area (Å²) in [4.78, 5) is 26.8. The highest BCUT2D eigenvalue weighted by atomic mass is 35.5. The molecule has 0 bridgehead atoms. The van der Waals surface area contributed by atoms with Gasteiger partial charge in [0.15, 0.2) is 6.61 Å². The largest absolute Gasteiger partial charge is 0.482 e. The summed E-state index contributed by atoms with van der Waals surface area (Å²) in [6, 6.07) is 19.9. The standard InChI is InChI=1S/C23H18Cl2N2O3/c24-18-8-6-16(12-19(18)25)23(29)26-17-7-9-21-20(13-17)27(22(28)14-30-21)11-10-15-4-2-1-3-5-15/h1-9,12-13H,10-11,14H2,(H,26,29). The molecule has 30 heavy (non-hydrogen) atoms. The van der Waals surface area contributed by atoms with Gasteiger partial charge in [-0.25, -0.2) is 0 Å². The summed E-state index contributed by atoms with van der Waals surface area (Å²) in [5.41, 5.74) is 2.71. The fraction of sp³-hybridized carbons (Fsp3) is 0.130. The summed E-state index contributed by atoms with van der Waals surface area (Å²) in [6.45, 7) is 0.514. The zero-order chi connectivity index (χ0) is 21.1. The van der Waals surface area contributed by atoms with Crippen LogP contribution >= 0.6 is 23.2 Å². The molecule has 3 aromatic rings. The van der Waals surface area contributed by atoms with Gasteiger partial charge in [-0.15, -0.1) is 0 Å². The zero-order valence-electron chi connectivity index (χ0n) is 15.9. The molecule has 0 saturated carbocycles. The summed E-state index contributed by atoms with van der Waals surface area (Å²) in [5.74, 6) is 0.161. The van der Waals surface area contributed by atoms with Crippen molar-refractivity contribution in [3.8, 4) is 5.75 Å². The molecule has 0 saturated heterocycles. The van der Waals surface area contributed by atoms with Crippen LogP contribution in [0.4, 0.5) is 11.4 Å². The van der Waals surface area contributed by atoms with Crippen molar-refractivity contribution in [2.75, 3.05) is 23.4 Å². The predicted molar refractivity (Wildman–Crippen MR) is 119 cm³/mol. The van der Waals surface area contributed by atoms with Gasteiger partial charge in [0.2, 0.25) is 0 Å². The minimum Gasteiger partial charge on any atom is -0.482 e. The molecule has 0 spiro atoms. The number of hydrogen-bond donors (Lipinski definition) is 1. The molecule has 152 valence electrons. The number of benzene rings is 3. The highest BCUT2D eigenvalue weighted by Crippen LogP contribution is 2.35. The SMILES string of the molecule is O=C(Nc1ccc2c(c1)N(CCc1ccccc1)C(=O)CO2)c1ccc(Cl)c(Cl)c1. The van der Waals surface area contributed by atoms with E-state index in [1.165, 1.54) is 6.07 Å². The Morgan fingerprint density at radius 1 is 1.00 bits per heavy atom. The van der Waals surface area contributed by atoms with Gasteiger partial charge in [0.1, 0.15) is 5.75 Å². The van der Waals surface area contributed by atoms with Crippen LogP contribution in [0, 0.1) is 0 Å². The lowest BCUT2D eigenvalue weighted by Gasteiger charge is -2.30. The van der Waals surface area contributed by atoms with E-state index in [1.807, 2.05) is 30.3 Å². The molecule has 1 aliphatic rings. The highest BCUT2D eigenvalue weighted by Gasteiger charge is 2.26. The summed E-state index contributed by atoms with van der Waals surface area (Å²) < 4.78 is 5.56. The van der Waals surface area contributed by atoms with Crippen molar-refractivity contribution in [2.24, 2.45) is 0 Å². The van der Waals surface area contributed by atoms with Gasteiger partial charge >= 0.3 is 0 Å². The topological polar surface area (TPSA) is 58.6 Å². The van der Waals surface area contributed by atoms with Crippen LogP contribution in [0.2, 0.25) is 10.0 Å². The summed E-state index contributed by atoms with van der Waals surface area (Å²) in [6.07, 6.45) is 0.714. The second-order valence-corrected chi connectivity index (χ2v) is 7.65. The molecule has 2 amide bonds. The first-order valence-corrected chi connectivity index (χ1v) is 10.1. The van der Waals surface area contributed by atoms with E-state index in [1.54, 1.807) is 35.2 Å². The van der Waals surface area contributed by atoms with Gasteiger partial charge in [0, 0.05) is 17.8 Å². The predicted octanol–water partition coefficient (Wildman–Crippen LogP) is 5.21. The van der Waals surface area contributed by atoms with Crippen LogP contribution in [0.1, 0.15) is 15.9 Å². The van der Waals surface area contributed by atoms with E-state index in [0.717, 1.165) is 5.56 Å². The van der Waals surface area contributed by atoms with Crippen molar-refractivity contribution in [3.63, 3.8) is 0 Å². The van der Waals surface area contributed by atoms with Crippen LogP contribution in [0.3, 0.4) is 0 Å². The monoisotopic (exact) mass is 440 g/mol. The zero-order valence-corrected chi connectivity index (χ0v) is 17.4. The number of halogens is 2. The minimum absolute atomic E-state index is 0.00321. The molecule has 1 heterocycles. The fourth-order valence-electron chi connectivity index (χ4n) is 3.25. The molecule has 5 nitrogen and oxygen atoms in total. The number of carbonyl (C=O) groups excluding carboxylic acids is 2. The van der Waals surface area contributed by atoms with Crippen molar-refractivity contribution in [2.45, 2.75) is 6.42 Å². The fourth-order valence-corrected chi connectivity index (χ4v) is 3.55. The molecule has 1 aliphatic heterocycles. The van der Waals surface area contributed by atoms with Crippen molar-refractivity contribution in [1.82, 2.24) is 0 Å². The summed E-state index contributed by atoms with van der Waals surface area (Å²) >= 11 is 11.9. The van der Waals surface area contributed by atoms with E-state index < -0.39 is 0 Å². The number of hydrogen-bond acceptors (Lipinski definition) is 3. The van der Waals surface area contributed by atoms with E-state index in [-0.39, 0.29) is 18.4 Å². The molecular weight excluding hydrogens is 423 g/mol. The second-order valence-electron chi connectivity index (χ2n) is 6.84. The van der Waals surface area contributed by atoms with E-state index in [2.05, 4.69) is 5.32 Å². The van der Waals surface area contributed by atoms with Crippen molar-refractivity contribution >= 4 is 46.4 Å². The number of carbonyl (C=O) groups is 2. The Bertz CT molecular complexity index is 1100. The molecule has 0 atom stereocenters. The average molecular weight is 441 g/mol. The molecule has 7 heteroatoms. The number of rotatable bonds is 5. The van der Waals surface area contributed by atoms with Crippen LogP contribution in [-0.4, -0.2) is 25.0 Å². The number of fused-ring (bicyclic) bond motifs is 1. The van der Waals surface area contributed by atoms with Gasteiger partial charge in [-0.1, -0.05) is 53.5 Å². The molecule has 0 aromatic heterocycles. The summed E-state index contributed by atoms with van der Waals surface area (Å²) in [5, 5.41) is 3.52. The van der Waals surface area contributed by atoms with Gasteiger partial charge in [0.25, 0.3) is 11.8 Å². The first-order valence-electron chi connectivity index (χ1n) is 9.39. The van der Waals surface area contributed by atoms with Crippen LogP contribution in [0.25, 0.3) is 0 Å². The molecule has 4 rings (SSSR count). The lowest BCUT2D eigenvalue weighted by Crippen LogP contribution is -2.40. The number of anilines is 2. The molecule has 0 radical (unpaired) electrons. The number of amides is 2. The Kier molecular flexibility index (Phi) is 5.93. The first-order chi connectivity index (χ1) is 14.5. The first kappa shape index (κ1) is 20.3. The van der Waals surface area contributed by atoms with Crippen LogP contribution < -0.4 is 15.0 Å². The molecular formula is C23H18Cl2N2O3. The summed E-state index contributed by atoms with van der Waals surface area (Å²) in [7, 11) is 0. The highest BCUT2D eigenvalue weighted by molar-refractivity contribution is 6.42. The van der Waals surface area contributed by atoms with E-state index >= 15 is 0 Å². The van der Waals surface area contributed by atoms with Gasteiger partial charge < -0.3 is 15.0 Å². The normalized spacial score (nSPS) is 12.9. The molecule has 0 aliphatic carbocycles. The maximum Gasteiger partial charge on any atom is 0.265 e. The number of nitrogens with zero attached hydrogens (tertiary/aromatic N) is 1. The Morgan fingerprint density at radius 3 is 2.57 bits per heavy atom. The van der Waals surface area contributed by atoms with E-state index in [4.69, 9.17) is 27.9 Å². The van der Waals surface area contributed by atoms with Gasteiger partial charge in [-0.3, -0.25) is 9.59 Å². The third-order valence-corrected chi connectivity index (χ3v) is 5.55. The third kappa shape index (κ3) is 4.42. The van der Waals surface area contributed by atoms with Gasteiger partial charge in [-0.2, -0.15) is 0 Å². The van der Waals surface area contributed by atoms with Gasteiger partial charge in [0.05, 0.1) is 15.7 Å². The van der Waals surface area contributed by atoms with Crippen molar-refractivity contribution < 1.29 is 14.3 Å². The Hall–Kier alpha value is -3.02. The molecule has 0 fully saturated rings.